The van der Waals surface area contributed by atoms with Crippen LogP contribution in [0.3, 0.4) is 0 Å². The van der Waals surface area contributed by atoms with Gasteiger partial charge in [-0.2, -0.15) is 0 Å². The Hall–Kier alpha value is -3.04. The first-order valence-corrected chi connectivity index (χ1v) is 10.2. The molecule has 3 aromatic rings. The molecular weight excluding hydrogens is 450 g/mol. The van der Waals surface area contributed by atoms with E-state index in [1.165, 1.54) is 0 Å². The molecular formula is C21H23BrN5O3+. The molecule has 3 rings (SSSR count). The average Bonchev–Trinajstić information content (AvgIpc) is 2.68. The van der Waals surface area contributed by atoms with Crippen molar-refractivity contribution in [3.05, 3.63) is 68.7 Å². The maximum atomic E-state index is 12.2. The Morgan fingerprint density at radius 1 is 1.17 bits per heavy atom. The van der Waals surface area contributed by atoms with Crippen molar-refractivity contribution < 1.29 is 14.5 Å². The van der Waals surface area contributed by atoms with Crippen molar-refractivity contribution >= 4 is 44.3 Å². The van der Waals surface area contributed by atoms with Gasteiger partial charge in [0, 0.05) is 10.2 Å². The number of anilines is 1. The maximum Gasteiger partial charge on any atom is 0.275 e. The molecule has 8 nitrogen and oxygen atoms in total. The molecule has 9 heteroatoms. The third-order valence-electron chi connectivity index (χ3n) is 4.50. The lowest BCUT2D eigenvalue weighted by atomic mass is 10.2. The van der Waals surface area contributed by atoms with E-state index in [0.29, 0.717) is 29.0 Å². The summed E-state index contributed by atoms with van der Waals surface area (Å²) >= 11 is 3.38. The first-order valence-electron chi connectivity index (χ1n) is 9.44. The van der Waals surface area contributed by atoms with E-state index in [9.17, 15) is 14.4 Å². The van der Waals surface area contributed by atoms with E-state index < -0.39 is 0 Å². The highest BCUT2D eigenvalue weighted by Crippen LogP contribution is 2.19. The lowest BCUT2D eigenvalue weighted by molar-refractivity contribution is -0.886. The lowest BCUT2D eigenvalue weighted by Crippen LogP contribution is -3.09. The quantitative estimate of drug-likeness (QED) is 0.407. The standard InChI is InChI=1S/C21H22BrN5O3/c1-13-9-14(22)7-8-16(13)25-19(28)10-23-20(29)12-27(2)11-18-24-17-6-4-3-5-15(17)21(30)26-18/h3-9H,10-12H2,1-2H3,(H,23,29)(H,25,28)(H,24,26,30)/p+1. The van der Waals surface area contributed by atoms with E-state index in [1.807, 2.05) is 32.2 Å². The number of carbonyl (C=O) groups is 2. The Balaban J connectivity index is 1.50. The van der Waals surface area contributed by atoms with Gasteiger partial charge in [-0.3, -0.25) is 14.4 Å². The normalized spacial score (nSPS) is 11.8. The fourth-order valence-electron chi connectivity index (χ4n) is 3.04. The van der Waals surface area contributed by atoms with Crippen LogP contribution in [0.15, 0.2) is 51.7 Å². The summed E-state index contributed by atoms with van der Waals surface area (Å²) in [6.45, 7) is 2.29. The number of likely N-dealkylation sites (N-methyl/N-ethyl adjacent to an activating group) is 1. The van der Waals surface area contributed by atoms with E-state index in [1.54, 1.807) is 24.3 Å². The molecule has 2 aromatic carbocycles. The van der Waals surface area contributed by atoms with Crippen LogP contribution in [0.1, 0.15) is 11.4 Å². The minimum Gasteiger partial charge on any atom is -0.342 e. The van der Waals surface area contributed by atoms with Crippen molar-refractivity contribution in [1.82, 2.24) is 15.3 Å². The van der Waals surface area contributed by atoms with Crippen molar-refractivity contribution in [2.45, 2.75) is 13.5 Å². The number of para-hydroxylation sites is 1. The highest BCUT2D eigenvalue weighted by molar-refractivity contribution is 9.10. The van der Waals surface area contributed by atoms with Crippen LogP contribution in [0.5, 0.6) is 0 Å². The molecule has 1 heterocycles. The number of nitrogens with zero attached hydrogens (tertiary/aromatic N) is 1. The molecule has 0 saturated carbocycles. The molecule has 1 unspecified atom stereocenters. The third kappa shape index (κ3) is 5.74. The second-order valence-corrected chi connectivity index (χ2v) is 8.04. The minimum absolute atomic E-state index is 0.118. The summed E-state index contributed by atoms with van der Waals surface area (Å²) < 4.78 is 0.930. The van der Waals surface area contributed by atoms with Gasteiger partial charge in [-0.25, -0.2) is 4.98 Å². The molecule has 0 bridgehead atoms. The first kappa shape index (κ1) is 21.7. The fraction of sp³-hybridized carbons (Fsp3) is 0.238. The molecule has 1 atom stereocenters. The lowest BCUT2D eigenvalue weighted by Gasteiger charge is -2.14. The van der Waals surface area contributed by atoms with Gasteiger partial charge in [0.15, 0.2) is 12.4 Å². The van der Waals surface area contributed by atoms with Gasteiger partial charge in [-0.1, -0.05) is 28.1 Å². The van der Waals surface area contributed by atoms with Gasteiger partial charge in [0.25, 0.3) is 11.5 Å². The Kier molecular flexibility index (Phi) is 6.96. The van der Waals surface area contributed by atoms with Crippen LogP contribution >= 0.6 is 15.9 Å². The average molecular weight is 473 g/mol. The number of aromatic nitrogens is 2. The number of rotatable bonds is 7. The summed E-state index contributed by atoms with van der Waals surface area (Å²) in [4.78, 5) is 44.4. The van der Waals surface area contributed by atoms with Crippen LogP contribution in [0.4, 0.5) is 5.69 Å². The number of benzene rings is 2. The van der Waals surface area contributed by atoms with Crippen LogP contribution in [0.25, 0.3) is 10.9 Å². The van der Waals surface area contributed by atoms with Crippen LogP contribution < -0.4 is 21.1 Å². The summed E-state index contributed by atoms with van der Waals surface area (Å²) in [5, 5.41) is 5.93. The molecule has 1 aromatic heterocycles. The summed E-state index contributed by atoms with van der Waals surface area (Å²) in [7, 11) is 1.82. The Morgan fingerprint density at radius 3 is 2.70 bits per heavy atom. The number of amides is 2. The molecule has 4 N–H and O–H groups in total. The second-order valence-electron chi connectivity index (χ2n) is 7.12. The molecule has 0 aliphatic heterocycles. The second kappa shape index (κ2) is 9.64. The van der Waals surface area contributed by atoms with E-state index in [0.717, 1.165) is 14.9 Å². The topological polar surface area (TPSA) is 108 Å². The molecule has 0 saturated heterocycles. The largest absolute Gasteiger partial charge is 0.342 e. The van der Waals surface area contributed by atoms with Crippen LogP contribution in [0, 0.1) is 6.92 Å². The molecule has 2 amide bonds. The maximum absolute atomic E-state index is 12.2. The summed E-state index contributed by atoms with van der Waals surface area (Å²) in [6.07, 6.45) is 0. The summed E-state index contributed by atoms with van der Waals surface area (Å²) in [5.41, 5.74) is 2.04. The monoisotopic (exact) mass is 472 g/mol. The fourth-order valence-corrected chi connectivity index (χ4v) is 3.52. The molecule has 30 heavy (non-hydrogen) atoms. The number of aryl methyl sites for hydroxylation is 1. The zero-order valence-corrected chi connectivity index (χ0v) is 18.3. The molecule has 0 aliphatic rings. The molecule has 0 radical (unpaired) electrons. The smallest absolute Gasteiger partial charge is 0.275 e. The molecule has 0 aliphatic carbocycles. The van der Waals surface area contributed by atoms with Gasteiger partial charge >= 0.3 is 0 Å². The SMILES string of the molecule is Cc1cc(Br)ccc1NC(=O)CNC(=O)C[NH+](C)Cc1nc2ccccc2c(=O)[nH]1. The zero-order chi connectivity index (χ0) is 21.7. The van der Waals surface area contributed by atoms with E-state index in [-0.39, 0.29) is 30.5 Å². The number of halogens is 1. The molecule has 0 fully saturated rings. The Bertz CT molecular complexity index is 1140. The van der Waals surface area contributed by atoms with Crippen molar-refractivity contribution in [1.29, 1.82) is 0 Å². The predicted octanol–water partition coefficient (Wildman–Crippen LogP) is 0.764. The number of aromatic amines is 1. The van der Waals surface area contributed by atoms with Gasteiger partial charge in [-0.05, 0) is 42.8 Å². The van der Waals surface area contributed by atoms with Gasteiger partial charge in [0.1, 0.15) is 6.54 Å². The Labute approximate surface area is 181 Å². The molecule has 156 valence electrons. The van der Waals surface area contributed by atoms with Gasteiger partial charge in [-0.15, -0.1) is 0 Å². The highest BCUT2D eigenvalue weighted by atomic mass is 79.9. The van der Waals surface area contributed by atoms with Crippen molar-refractivity contribution in [3.63, 3.8) is 0 Å². The number of fused-ring (bicyclic) bond motifs is 1. The van der Waals surface area contributed by atoms with Crippen LogP contribution in [-0.4, -0.2) is 41.9 Å². The number of quaternary nitrogens is 1. The number of nitrogens with one attached hydrogen (secondary N) is 4. The third-order valence-corrected chi connectivity index (χ3v) is 5.00. The van der Waals surface area contributed by atoms with Gasteiger partial charge in [0.05, 0.1) is 24.5 Å². The number of carbonyl (C=O) groups excluding carboxylic acids is 2. The summed E-state index contributed by atoms with van der Waals surface area (Å²) in [6, 6.07) is 12.6. The van der Waals surface area contributed by atoms with Crippen LogP contribution in [0.2, 0.25) is 0 Å². The number of H-pyrrole nitrogens is 1. The van der Waals surface area contributed by atoms with Crippen molar-refractivity contribution in [2.75, 3.05) is 25.5 Å². The van der Waals surface area contributed by atoms with E-state index in [2.05, 4.69) is 36.5 Å². The number of hydrogen-bond donors (Lipinski definition) is 4. The first-order chi connectivity index (χ1) is 14.3. The van der Waals surface area contributed by atoms with Gasteiger partial charge in [0.2, 0.25) is 5.91 Å². The molecule has 0 spiro atoms. The van der Waals surface area contributed by atoms with Crippen LogP contribution in [-0.2, 0) is 16.1 Å². The van der Waals surface area contributed by atoms with E-state index >= 15 is 0 Å². The minimum atomic E-state index is -0.299. The summed E-state index contributed by atoms with van der Waals surface area (Å²) in [5.74, 6) is -0.0577. The zero-order valence-electron chi connectivity index (χ0n) is 16.7. The van der Waals surface area contributed by atoms with Crippen molar-refractivity contribution in [3.8, 4) is 0 Å². The number of hydrogen-bond acceptors (Lipinski definition) is 4. The van der Waals surface area contributed by atoms with E-state index in [4.69, 9.17) is 0 Å². The van der Waals surface area contributed by atoms with Crippen molar-refractivity contribution in [2.24, 2.45) is 0 Å². The van der Waals surface area contributed by atoms with Gasteiger partial charge < -0.3 is 20.5 Å². The highest BCUT2D eigenvalue weighted by Gasteiger charge is 2.14. The Morgan fingerprint density at radius 2 is 1.93 bits per heavy atom. The predicted molar refractivity (Wildman–Crippen MR) is 118 cm³/mol.